The minimum atomic E-state index is -1.61. The maximum Gasteiger partial charge on any atom is 0.245 e. The highest BCUT2D eigenvalue weighted by Gasteiger charge is 2.36. The molecule has 0 bridgehead atoms. The van der Waals surface area contributed by atoms with E-state index in [1.54, 1.807) is 54.6 Å². The molecule has 0 unspecified atom stereocenters. The number of carbonyl (C=O) groups is 9. The number of hydrogen-bond donors (Lipinski definition) is 13. The lowest BCUT2D eigenvalue weighted by atomic mass is 9.89. The van der Waals surface area contributed by atoms with Crippen molar-refractivity contribution in [1.82, 2.24) is 37.2 Å². The van der Waals surface area contributed by atoms with Gasteiger partial charge in [0.15, 0.2) is 5.78 Å². The van der Waals surface area contributed by atoms with Crippen molar-refractivity contribution in [3.63, 3.8) is 0 Å². The summed E-state index contributed by atoms with van der Waals surface area (Å²) in [5.74, 6) is -8.98. The summed E-state index contributed by atoms with van der Waals surface area (Å²) in [6, 6.07) is 7.24. The van der Waals surface area contributed by atoms with Gasteiger partial charge in [-0.1, -0.05) is 95.3 Å². The summed E-state index contributed by atoms with van der Waals surface area (Å²) in [6.45, 7) is 6.41. The molecule has 7 amide bonds. The highest BCUT2D eigenvalue weighted by molar-refractivity contribution is 5.98. The molecule has 1 saturated heterocycles. The summed E-state index contributed by atoms with van der Waals surface area (Å²) >= 11 is 0. The van der Waals surface area contributed by atoms with Gasteiger partial charge < -0.3 is 70.4 Å². The van der Waals surface area contributed by atoms with Crippen molar-refractivity contribution in [3.8, 4) is 0 Å². The Labute approximate surface area is 459 Å². The quantitative estimate of drug-likeness (QED) is 0.0467. The van der Waals surface area contributed by atoms with E-state index >= 15 is 0 Å². The number of unbranched alkanes of at least 4 members (excludes halogenated alkanes) is 4. The van der Waals surface area contributed by atoms with Gasteiger partial charge >= 0.3 is 0 Å². The third kappa shape index (κ3) is 23.7. The summed E-state index contributed by atoms with van der Waals surface area (Å²) < 4.78 is 0. The second-order valence-electron chi connectivity index (χ2n) is 21.0. The van der Waals surface area contributed by atoms with Crippen LogP contribution >= 0.6 is 0 Å². The van der Waals surface area contributed by atoms with Gasteiger partial charge in [0.25, 0.3) is 0 Å². The number of aliphatic hydroxyl groups excluding tert-OH is 2. The molecule has 0 aromatic heterocycles. The van der Waals surface area contributed by atoms with E-state index in [-0.39, 0.29) is 95.7 Å². The molecule has 22 heteroatoms. The van der Waals surface area contributed by atoms with Crippen molar-refractivity contribution >= 4 is 58.6 Å². The molecule has 17 N–H and O–H groups in total. The van der Waals surface area contributed by atoms with E-state index in [0.717, 1.165) is 32.1 Å². The molecule has 2 aromatic rings. The number of benzene rings is 2. The van der Waals surface area contributed by atoms with E-state index < -0.39 is 114 Å². The minimum absolute atomic E-state index is 0.0421. The first kappa shape index (κ1) is 66.0. The molecule has 10 atom stereocenters. The number of anilines is 1. The molecule has 0 saturated carbocycles. The fraction of sp³-hybridized carbons (Fsp3) is 0.625. The lowest BCUT2D eigenvalue weighted by molar-refractivity contribution is -0.136. The van der Waals surface area contributed by atoms with Gasteiger partial charge in [-0.2, -0.15) is 0 Å². The van der Waals surface area contributed by atoms with E-state index in [1.165, 1.54) is 6.92 Å². The summed E-state index contributed by atoms with van der Waals surface area (Å²) in [7, 11) is 0. The Bertz CT molecular complexity index is 2230. The van der Waals surface area contributed by atoms with E-state index in [1.807, 2.05) is 13.8 Å². The maximum absolute atomic E-state index is 14.7. The standard InChI is InChI=1S/C56H89N11O11/c1-5-6-7-8-12-15-41(69)33-42(70)31-39(29-37-16-18-40(60)19-17-37)51(73)62-43-23-27-61-56(78)49(35(4)68)67-53(75)45(22-26-59)63-52(74)44(21-25-58)64-54(76)46(28-34(2)3)66-55(77)47(30-36-13-10-9-11-14-36)65-50(72)38(20-24-57)32-48(43)71/h9-11,13-14,16-19,34-35,38-39,41,43-47,49,68-69H,5-8,12,15,20-33,57-60H2,1-4H3,(H,61,78)(H,62,73)(H,63,74)(H,64,76)(H,65,72)(H,66,77)(H,67,75)/t35-,38-,39+,41-,43+,44+,45+,46+,47-,49+/m1/s1. The van der Waals surface area contributed by atoms with Crippen molar-refractivity contribution in [1.29, 1.82) is 0 Å². The van der Waals surface area contributed by atoms with Crippen molar-refractivity contribution < 1.29 is 53.4 Å². The first-order chi connectivity index (χ1) is 37.2. The summed E-state index contributed by atoms with van der Waals surface area (Å²) in [5, 5.41) is 40.3. The molecule has 22 nitrogen and oxygen atoms in total. The largest absolute Gasteiger partial charge is 0.399 e. The van der Waals surface area contributed by atoms with Crippen LogP contribution in [0.15, 0.2) is 54.6 Å². The van der Waals surface area contributed by atoms with Gasteiger partial charge in [0.05, 0.1) is 18.2 Å². The molecule has 78 heavy (non-hydrogen) atoms. The zero-order chi connectivity index (χ0) is 57.7. The zero-order valence-electron chi connectivity index (χ0n) is 46.1. The van der Waals surface area contributed by atoms with Crippen LogP contribution in [-0.2, 0) is 56.0 Å². The fourth-order valence-electron chi connectivity index (χ4n) is 9.27. The van der Waals surface area contributed by atoms with Crippen LogP contribution in [-0.4, -0.2) is 138 Å². The number of nitrogen functional groups attached to an aromatic ring is 1. The molecule has 1 aliphatic rings. The Morgan fingerprint density at radius 1 is 0.654 bits per heavy atom. The lowest BCUT2D eigenvalue weighted by Gasteiger charge is -2.28. The molecule has 0 spiro atoms. The molecular weight excluding hydrogens is 1000 g/mol. The van der Waals surface area contributed by atoms with Crippen molar-refractivity contribution in [2.24, 2.45) is 35.0 Å². The van der Waals surface area contributed by atoms with Crippen molar-refractivity contribution in [3.05, 3.63) is 65.7 Å². The maximum atomic E-state index is 14.7. The van der Waals surface area contributed by atoms with Gasteiger partial charge in [0.2, 0.25) is 41.4 Å². The van der Waals surface area contributed by atoms with E-state index in [0.29, 0.717) is 23.2 Å². The molecular formula is C56H89N11O11. The number of Topliss-reactive ketones (excluding diaryl/α,β-unsaturated/α-hetero) is 2. The number of rotatable bonds is 25. The van der Waals surface area contributed by atoms with E-state index in [9.17, 15) is 53.4 Å². The molecule has 0 aliphatic carbocycles. The highest BCUT2D eigenvalue weighted by atomic mass is 16.3. The summed E-state index contributed by atoms with van der Waals surface area (Å²) in [5.41, 5.74) is 25.5. The van der Waals surface area contributed by atoms with Gasteiger partial charge in [0, 0.05) is 49.8 Å². The van der Waals surface area contributed by atoms with Crippen molar-refractivity contribution in [2.75, 3.05) is 31.9 Å². The molecule has 3 rings (SSSR count). The summed E-state index contributed by atoms with van der Waals surface area (Å²) in [6.07, 6.45) is 1.33. The van der Waals surface area contributed by atoms with Crippen LogP contribution in [0, 0.1) is 17.8 Å². The average Bonchev–Trinajstić information content (AvgIpc) is 3.39. The Hall–Kier alpha value is -6.33. The second kappa shape index (κ2) is 35.2. The molecule has 1 heterocycles. The number of hydrogen-bond acceptors (Lipinski definition) is 15. The van der Waals surface area contributed by atoms with Crippen LogP contribution < -0.4 is 60.2 Å². The molecule has 1 fully saturated rings. The lowest BCUT2D eigenvalue weighted by Crippen LogP contribution is -2.60. The predicted molar refractivity (Wildman–Crippen MR) is 296 cm³/mol. The number of amides is 7. The Kier molecular flexibility index (Phi) is 29.8. The van der Waals surface area contributed by atoms with Crippen LogP contribution in [0.5, 0.6) is 0 Å². The Morgan fingerprint density at radius 3 is 1.81 bits per heavy atom. The third-order valence-corrected chi connectivity index (χ3v) is 13.7. The SMILES string of the molecule is CCCCCCC[C@@H](O)CC(=O)C[C@H](Cc1ccc(N)cc1)C(=O)N[C@H]1CCNC(=O)[C@H]([C@@H](C)O)NC(=O)[C@H](CCN)NC(=O)[C@H](CCN)NC(=O)[C@H](CC(C)C)NC(=O)[C@@H](Cc2ccccc2)NC(=O)[C@H](CCN)CC1=O. The van der Waals surface area contributed by atoms with Crippen LogP contribution in [0.1, 0.15) is 129 Å². The van der Waals surface area contributed by atoms with E-state index in [4.69, 9.17) is 22.9 Å². The predicted octanol–water partition coefficient (Wildman–Crippen LogP) is 0.218. The van der Waals surface area contributed by atoms with Crippen LogP contribution in [0.3, 0.4) is 0 Å². The van der Waals surface area contributed by atoms with Crippen LogP contribution in [0.25, 0.3) is 0 Å². The zero-order valence-corrected chi connectivity index (χ0v) is 46.1. The van der Waals surface area contributed by atoms with Crippen molar-refractivity contribution in [2.45, 2.75) is 179 Å². The first-order valence-electron chi connectivity index (χ1n) is 27.7. The van der Waals surface area contributed by atoms with Gasteiger partial charge in [-0.25, -0.2) is 0 Å². The average molecular weight is 1090 g/mol. The third-order valence-electron chi connectivity index (χ3n) is 13.7. The van der Waals surface area contributed by atoms with Gasteiger partial charge in [-0.05, 0) is 101 Å². The smallest absolute Gasteiger partial charge is 0.245 e. The molecule has 1 aliphatic heterocycles. The Morgan fingerprint density at radius 2 is 1.22 bits per heavy atom. The van der Waals surface area contributed by atoms with Crippen LogP contribution in [0.2, 0.25) is 0 Å². The normalized spacial score (nSPS) is 22.9. The minimum Gasteiger partial charge on any atom is -0.399 e. The first-order valence-corrected chi connectivity index (χ1v) is 27.7. The van der Waals surface area contributed by atoms with Gasteiger partial charge in [0.1, 0.15) is 36.0 Å². The number of ketones is 2. The number of nitrogens with two attached hydrogens (primary N) is 4. The highest BCUT2D eigenvalue weighted by Crippen LogP contribution is 2.20. The summed E-state index contributed by atoms with van der Waals surface area (Å²) in [4.78, 5) is 127. The number of carbonyl (C=O) groups excluding carboxylic acids is 9. The molecule has 434 valence electrons. The van der Waals surface area contributed by atoms with Gasteiger partial charge in [-0.3, -0.25) is 43.2 Å². The van der Waals surface area contributed by atoms with Gasteiger partial charge in [-0.15, -0.1) is 0 Å². The topological polar surface area (TPSA) is 382 Å². The number of nitrogens with one attached hydrogen (secondary N) is 7. The molecule has 0 radical (unpaired) electrons. The Balaban J connectivity index is 2.13. The monoisotopic (exact) mass is 1090 g/mol. The second-order valence-corrected chi connectivity index (χ2v) is 21.0. The van der Waals surface area contributed by atoms with Crippen LogP contribution in [0.4, 0.5) is 5.69 Å². The van der Waals surface area contributed by atoms with E-state index in [2.05, 4.69) is 44.1 Å². The fourth-order valence-corrected chi connectivity index (χ4v) is 9.27. The molecule has 2 aromatic carbocycles. The number of aliphatic hydroxyl groups is 2.